The summed E-state index contributed by atoms with van der Waals surface area (Å²) in [7, 11) is 2.12. The van der Waals surface area contributed by atoms with Crippen molar-refractivity contribution in [3.63, 3.8) is 0 Å². The first-order valence-corrected chi connectivity index (χ1v) is 8.69. The van der Waals surface area contributed by atoms with Crippen LogP contribution in [-0.4, -0.2) is 11.6 Å². The zero-order valence-electron chi connectivity index (χ0n) is 12.8. The Bertz CT molecular complexity index is 476. The molecule has 2 heteroatoms. The summed E-state index contributed by atoms with van der Waals surface area (Å²) < 4.78 is 2.53. The van der Waals surface area contributed by atoms with E-state index in [4.69, 9.17) is 0 Å². The van der Waals surface area contributed by atoms with Crippen molar-refractivity contribution in [1.82, 2.24) is 9.88 Å². The molecule has 0 saturated heterocycles. The lowest BCUT2D eigenvalue weighted by atomic mass is 9.89. The van der Waals surface area contributed by atoms with E-state index in [-0.39, 0.29) is 0 Å². The molecule has 2 saturated carbocycles. The molecule has 4 atom stereocenters. The monoisotopic (exact) mass is 272 g/mol. The van der Waals surface area contributed by atoms with E-state index in [1.165, 1.54) is 57.9 Å². The standard InChI is InChI=1S/C18H28N2/c1-19-18-5-3-2-4-15-10-20(12-17(15)18)11-16-9-13-6-7-14(16)8-13/h10,12-14,16,18-19H,2-9,11H2,1H3. The van der Waals surface area contributed by atoms with Gasteiger partial charge in [0.05, 0.1) is 0 Å². The molecule has 1 N–H and O–H groups in total. The Morgan fingerprint density at radius 3 is 2.85 bits per heavy atom. The first-order chi connectivity index (χ1) is 9.83. The maximum atomic E-state index is 3.52. The summed E-state index contributed by atoms with van der Waals surface area (Å²) >= 11 is 0. The van der Waals surface area contributed by atoms with Crippen LogP contribution in [0.1, 0.15) is 62.1 Å². The minimum absolute atomic E-state index is 0.591. The van der Waals surface area contributed by atoms with E-state index >= 15 is 0 Å². The zero-order valence-corrected chi connectivity index (χ0v) is 12.8. The van der Waals surface area contributed by atoms with Crippen LogP contribution in [-0.2, 0) is 13.0 Å². The number of rotatable bonds is 3. The molecular weight excluding hydrogens is 244 g/mol. The SMILES string of the molecule is CNC1CCCCc2cn(CC3CC4CCC3C4)cc21. The third-order valence-electron chi connectivity index (χ3n) is 6.24. The van der Waals surface area contributed by atoms with Gasteiger partial charge in [0.2, 0.25) is 0 Å². The Morgan fingerprint density at radius 1 is 1.15 bits per heavy atom. The molecule has 3 aliphatic rings. The van der Waals surface area contributed by atoms with Gasteiger partial charge in [-0.1, -0.05) is 12.8 Å². The van der Waals surface area contributed by atoms with Gasteiger partial charge in [-0.15, -0.1) is 0 Å². The number of hydrogen-bond acceptors (Lipinski definition) is 1. The predicted octanol–water partition coefficient (Wildman–Crippen LogP) is 3.91. The van der Waals surface area contributed by atoms with Gasteiger partial charge < -0.3 is 9.88 Å². The number of nitrogens with one attached hydrogen (secondary N) is 1. The summed E-state index contributed by atoms with van der Waals surface area (Å²) in [5.41, 5.74) is 3.21. The van der Waals surface area contributed by atoms with Crippen LogP contribution >= 0.6 is 0 Å². The van der Waals surface area contributed by atoms with Crippen LogP contribution in [0.5, 0.6) is 0 Å². The third kappa shape index (κ3) is 2.22. The molecule has 2 nitrogen and oxygen atoms in total. The average Bonchev–Trinajstić information content (AvgIpc) is 3.13. The number of nitrogens with zero attached hydrogens (tertiary/aromatic N) is 1. The number of fused-ring (bicyclic) bond motifs is 3. The molecule has 1 aromatic rings. The summed E-state index contributed by atoms with van der Waals surface area (Å²) in [5, 5.41) is 3.52. The maximum Gasteiger partial charge on any atom is 0.0335 e. The van der Waals surface area contributed by atoms with Crippen molar-refractivity contribution in [2.45, 2.75) is 64.0 Å². The van der Waals surface area contributed by atoms with Crippen LogP contribution in [0.25, 0.3) is 0 Å². The summed E-state index contributed by atoms with van der Waals surface area (Å²) in [6.07, 6.45) is 16.3. The highest BCUT2D eigenvalue weighted by atomic mass is 15.0. The Labute approximate surface area is 122 Å². The minimum atomic E-state index is 0.591. The van der Waals surface area contributed by atoms with Gasteiger partial charge in [-0.3, -0.25) is 0 Å². The second kappa shape index (κ2) is 5.22. The van der Waals surface area contributed by atoms with Crippen LogP contribution in [0.4, 0.5) is 0 Å². The highest BCUT2D eigenvalue weighted by Crippen LogP contribution is 2.49. The van der Waals surface area contributed by atoms with Crippen molar-refractivity contribution in [1.29, 1.82) is 0 Å². The first-order valence-electron chi connectivity index (χ1n) is 8.69. The summed E-state index contributed by atoms with van der Waals surface area (Å²) in [6, 6.07) is 0.591. The van der Waals surface area contributed by atoms with E-state index in [0.29, 0.717) is 6.04 Å². The molecule has 3 aliphatic carbocycles. The highest BCUT2D eigenvalue weighted by Gasteiger charge is 2.39. The number of hydrogen-bond donors (Lipinski definition) is 1. The van der Waals surface area contributed by atoms with Gasteiger partial charge >= 0.3 is 0 Å². The molecular formula is C18H28N2. The van der Waals surface area contributed by atoms with Crippen molar-refractivity contribution in [3.05, 3.63) is 23.5 Å². The van der Waals surface area contributed by atoms with Crippen molar-refractivity contribution in [2.24, 2.45) is 17.8 Å². The fourth-order valence-electron chi connectivity index (χ4n) is 5.19. The normalized spacial score (nSPS) is 36.0. The molecule has 0 spiro atoms. The lowest BCUT2D eigenvalue weighted by Gasteiger charge is -2.22. The van der Waals surface area contributed by atoms with Gasteiger partial charge in [0, 0.05) is 25.0 Å². The van der Waals surface area contributed by atoms with Crippen LogP contribution in [0.15, 0.2) is 12.4 Å². The van der Waals surface area contributed by atoms with E-state index in [2.05, 4.69) is 29.3 Å². The van der Waals surface area contributed by atoms with Gasteiger partial charge in [0.25, 0.3) is 0 Å². The molecule has 0 aliphatic heterocycles. The van der Waals surface area contributed by atoms with Crippen molar-refractivity contribution < 1.29 is 0 Å². The van der Waals surface area contributed by atoms with Crippen LogP contribution in [0.2, 0.25) is 0 Å². The number of aryl methyl sites for hydroxylation is 1. The van der Waals surface area contributed by atoms with Gasteiger partial charge in [-0.05, 0) is 74.5 Å². The Balaban J connectivity index is 1.52. The lowest BCUT2D eigenvalue weighted by Crippen LogP contribution is -2.17. The summed E-state index contributed by atoms with van der Waals surface area (Å²) in [4.78, 5) is 0. The van der Waals surface area contributed by atoms with E-state index in [1.54, 1.807) is 11.1 Å². The Morgan fingerprint density at radius 2 is 2.10 bits per heavy atom. The summed E-state index contributed by atoms with van der Waals surface area (Å²) in [6.45, 7) is 1.28. The topological polar surface area (TPSA) is 17.0 Å². The average molecular weight is 272 g/mol. The second-order valence-corrected chi connectivity index (χ2v) is 7.46. The molecule has 0 radical (unpaired) electrons. The van der Waals surface area contributed by atoms with Crippen molar-refractivity contribution in [3.8, 4) is 0 Å². The van der Waals surface area contributed by atoms with E-state index in [1.807, 2.05) is 0 Å². The molecule has 20 heavy (non-hydrogen) atoms. The van der Waals surface area contributed by atoms with Crippen LogP contribution in [0, 0.1) is 17.8 Å². The Kier molecular flexibility index (Phi) is 3.37. The van der Waals surface area contributed by atoms with Crippen molar-refractivity contribution >= 4 is 0 Å². The highest BCUT2D eigenvalue weighted by molar-refractivity contribution is 5.29. The van der Waals surface area contributed by atoms with Crippen LogP contribution < -0.4 is 5.32 Å². The molecule has 0 aromatic carbocycles. The molecule has 2 fully saturated rings. The fourth-order valence-corrected chi connectivity index (χ4v) is 5.19. The van der Waals surface area contributed by atoms with E-state index < -0.39 is 0 Å². The largest absolute Gasteiger partial charge is 0.353 e. The van der Waals surface area contributed by atoms with Gasteiger partial charge in [0.1, 0.15) is 0 Å². The maximum absolute atomic E-state index is 3.52. The van der Waals surface area contributed by atoms with Gasteiger partial charge in [0.15, 0.2) is 0 Å². The first kappa shape index (κ1) is 12.9. The molecule has 0 amide bonds. The third-order valence-corrected chi connectivity index (χ3v) is 6.24. The lowest BCUT2D eigenvalue weighted by molar-refractivity contribution is 0.295. The van der Waals surface area contributed by atoms with Gasteiger partial charge in [-0.25, -0.2) is 0 Å². The fraction of sp³-hybridized carbons (Fsp3) is 0.778. The molecule has 4 rings (SSSR count). The quantitative estimate of drug-likeness (QED) is 0.826. The molecule has 110 valence electrons. The zero-order chi connectivity index (χ0) is 13.5. The molecule has 1 aromatic heterocycles. The molecule has 1 heterocycles. The Hall–Kier alpha value is -0.760. The summed E-state index contributed by atoms with van der Waals surface area (Å²) in [5.74, 6) is 3.09. The molecule has 4 unspecified atom stereocenters. The minimum Gasteiger partial charge on any atom is -0.353 e. The van der Waals surface area contributed by atoms with Crippen LogP contribution in [0.3, 0.4) is 0 Å². The predicted molar refractivity (Wildman–Crippen MR) is 82.7 cm³/mol. The van der Waals surface area contributed by atoms with Gasteiger partial charge in [-0.2, -0.15) is 0 Å². The van der Waals surface area contributed by atoms with E-state index in [0.717, 1.165) is 17.8 Å². The number of aromatic nitrogens is 1. The van der Waals surface area contributed by atoms with E-state index in [9.17, 15) is 0 Å². The van der Waals surface area contributed by atoms with Crippen molar-refractivity contribution in [2.75, 3.05) is 7.05 Å². The molecule has 2 bridgehead atoms. The smallest absolute Gasteiger partial charge is 0.0335 e. The second-order valence-electron chi connectivity index (χ2n) is 7.46.